The van der Waals surface area contributed by atoms with Gasteiger partial charge in [-0.25, -0.2) is 23.3 Å². The number of benzene rings is 2. The van der Waals surface area contributed by atoms with E-state index in [0.29, 0.717) is 23.5 Å². The molecule has 1 aliphatic rings. The zero-order valence-electron chi connectivity index (χ0n) is 19.5. The van der Waals surface area contributed by atoms with Crippen LogP contribution in [0.4, 0.5) is 26.2 Å². The maximum absolute atomic E-state index is 13.7. The first kappa shape index (κ1) is 22.2. The Labute approximate surface area is 207 Å². The summed E-state index contributed by atoms with van der Waals surface area (Å²) < 4.78 is 28.9. The summed E-state index contributed by atoms with van der Waals surface area (Å²) in [6.07, 6.45) is 6.40. The van der Waals surface area contributed by atoms with Crippen molar-refractivity contribution in [3.05, 3.63) is 90.6 Å². The zero-order valence-corrected chi connectivity index (χ0v) is 19.5. The number of nitrogens with one attached hydrogen (secondary N) is 2. The van der Waals surface area contributed by atoms with Gasteiger partial charge in [0.2, 0.25) is 5.95 Å². The Hall–Kier alpha value is -4.33. The molecule has 36 heavy (non-hydrogen) atoms. The van der Waals surface area contributed by atoms with Gasteiger partial charge in [0, 0.05) is 23.5 Å². The number of hydrogen-bond acceptors (Lipinski definition) is 5. The smallest absolute Gasteiger partial charge is 0.223 e. The van der Waals surface area contributed by atoms with Crippen LogP contribution < -0.4 is 10.6 Å². The summed E-state index contributed by atoms with van der Waals surface area (Å²) in [6.45, 7) is 0. The molecule has 6 nitrogen and oxygen atoms in total. The van der Waals surface area contributed by atoms with E-state index in [0.717, 1.165) is 40.9 Å². The minimum atomic E-state index is -0.312. The van der Waals surface area contributed by atoms with E-state index in [9.17, 15) is 8.78 Å². The molecule has 1 aliphatic carbocycles. The Morgan fingerprint density at radius 3 is 2.31 bits per heavy atom. The molecule has 0 atom stereocenters. The molecule has 1 fully saturated rings. The van der Waals surface area contributed by atoms with Gasteiger partial charge in [-0.2, -0.15) is 5.10 Å². The maximum atomic E-state index is 13.7. The van der Waals surface area contributed by atoms with Gasteiger partial charge in [-0.3, -0.25) is 0 Å². The highest BCUT2D eigenvalue weighted by molar-refractivity contribution is 5.91. The first-order valence-electron chi connectivity index (χ1n) is 12.0. The van der Waals surface area contributed by atoms with Crippen LogP contribution in [-0.2, 0) is 0 Å². The van der Waals surface area contributed by atoms with Crippen molar-refractivity contribution in [3.63, 3.8) is 0 Å². The molecule has 0 saturated heterocycles. The molecule has 0 radical (unpaired) electrons. The van der Waals surface area contributed by atoms with E-state index in [2.05, 4.69) is 15.6 Å². The molecule has 5 aromatic rings. The summed E-state index contributed by atoms with van der Waals surface area (Å²) in [4.78, 5) is 9.29. The predicted molar refractivity (Wildman–Crippen MR) is 137 cm³/mol. The minimum absolute atomic E-state index is 0.301. The van der Waals surface area contributed by atoms with E-state index < -0.39 is 0 Å². The number of nitrogens with zero attached hydrogens (tertiary/aromatic N) is 4. The van der Waals surface area contributed by atoms with Crippen molar-refractivity contribution in [1.29, 1.82) is 0 Å². The predicted octanol–water partition coefficient (Wildman–Crippen LogP) is 6.83. The van der Waals surface area contributed by atoms with Gasteiger partial charge in [-0.15, -0.1) is 0 Å². The van der Waals surface area contributed by atoms with E-state index in [1.165, 1.54) is 37.1 Å². The fourth-order valence-corrected chi connectivity index (χ4v) is 4.73. The Balaban J connectivity index is 1.48. The third-order valence-corrected chi connectivity index (χ3v) is 6.49. The number of rotatable bonds is 6. The average Bonchev–Trinajstić information content (AvgIpc) is 3.54. The molecular formula is C28H24F2N6. The van der Waals surface area contributed by atoms with E-state index in [1.54, 1.807) is 35.0 Å². The molecule has 3 aromatic heterocycles. The minimum Gasteiger partial charge on any atom is -0.351 e. The van der Waals surface area contributed by atoms with Gasteiger partial charge in [0.25, 0.3) is 0 Å². The Morgan fingerprint density at radius 1 is 0.833 bits per heavy atom. The van der Waals surface area contributed by atoms with Gasteiger partial charge >= 0.3 is 0 Å². The molecule has 0 amide bonds. The molecule has 3 heterocycles. The van der Waals surface area contributed by atoms with Crippen LogP contribution in [0.1, 0.15) is 25.7 Å². The summed E-state index contributed by atoms with van der Waals surface area (Å²) in [6, 6.07) is 20.5. The van der Waals surface area contributed by atoms with Crippen molar-refractivity contribution in [2.75, 3.05) is 10.6 Å². The Morgan fingerprint density at radius 2 is 1.56 bits per heavy atom. The number of fused-ring (bicyclic) bond motifs is 1. The van der Waals surface area contributed by atoms with E-state index in [1.807, 2.05) is 24.3 Å². The van der Waals surface area contributed by atoms with Gasteiger partial charge in [0.1, 0.15) is 23.1 Å². The third-order valence-electron chi connectivity index (χ3n) is 6.49. The van der Waals surface area contributed by atoms with E-state index in [4.69, 9.17) is 10.1 Å². The quantitative estimate of drug-likeness (QED) is 0.278. The standard InChI is InChI=1S/C28H24F2N6/c29-19-10-8-18(9-11-19)27-26(23-16-17-31-28(34-23)33-21-4-1-2-5-21)24-6-3-7-25(36(24)35-27)32-22-14-12-20(30)13-15-22/h3,6-17,21,32H,1-2,4-5H2,(H,31,33,34). The van der Waals surface area contributed by atoms with E-state index in [-0.39, 0.29) is 11.6 Å². The maximum Gasteiger partial charge on any atom is 0.223 e. The molecule has 0 spiro atoms. The number of aromatic nitrogens is 4. The molecule has 0 aliphatic heterocycles. The van der Waals surface area contributed by atoms with Gasteiger partial charge < -0.3 is 10.6 Å². The van der Waals surface area contributed by atoms with Crippen LogP contribution in [0.3, 0.4) is 0 Å². The second-order valence-electron chi connectivity index (χ2n) is 8.96. The molecule has 8 heteroatoms. The largest absolute Gasteiger partial charge is 0.351 e. The summed E-state index contributed by atoms with van der Waals surface area (Å²) in [7, 11) is 0. The number of halogens is 2. The van der Waals surface area contributed by atoms with Gasteiger partial charge in [0.05, 0.1) is 16.8 Å². The lowest BCUT2D eigenvalue weighted by atomic mass is 10.0. The SMILES string of the molecule is Fc1ccc(Nc2cccc3c(-c4ccnc(NC5CCCC5)n4)c(-c4ccc(F)cc4)nn23)cc1. The molecule has 6 rings (SSSR count). The normalized spacial score (nSPS) is 13.8. The third kappa shape index (κ3) is 4.37. The summed E-state index contributed by atoms with van der Waals surface area (Å²) in [5.41, 5.74) is 4.54. The van der Waals surface area contributed by atoms with Crippen LogP contribution in [0.25, 0.3) is 28.0 Å². The van der Waals surface area contributed by atoms with Crippen molar-refractivity contribution in [2.45, 2.75) is 31.7 Å². The van der Waals surface area contributed by atoms with Crippen molar-refractivity contribution < 1.29 is 8.78 Å². The van der Waals surface area contributed by atoms with E-state index >= 15 is 0 Å². The molecule has 1 saturated carbocycles. The molecule has 2 N–H and O–H groups in total. The molecule has 2 aromatic carbocycles. The lowest BCUT2D eigenvalue weighted by Gasteiger charge is -2.12. The first-order valence-corrected chi connectivity index (χ1v) is 12.0. The second-order valence-corrected chi connectivity index (χ2v) is 8.96. The molecule has 180 valence electrons. The van der Waals surface area contributed by atoms with Crippen LogP contribution in [0.2, 0.25) is 0 Å². The van der Waals surface area contributed by atoms with Crippen LogP contribution in [0, 0.1) is 11.6 Å². The topological polar surface area (TPSA) is 67.1 Å². The fraction of sp³-hybridized carbons (Fsp3) is 0.179. The lowest BCUT2D eigenvalue weighted by Crippen LogP contribution is -2.16. The Bertz CT molecular complexity index is 1510. The highest BCUT2D eigenvalue weighted by Gasteiger charge is 2.21. The molecule has 0 unspecified atom stereocenters. The average molecular weight is 483 g/mol. The first-order chi connectivity index (χ1) is 17.6. The van der Waals surface area contributed by atoms with Gasteiger partial charge in [0.15, 0.2) is 0 Å². The highest BCUT2D eigenvalue weighted by atomic mass is 19.1. The van der Waals surface area contributed by atoms with Crippen LogP contribution in [0.15, 0.2) is 79.0 Å². The lowest BCUT2D eigenvalue weighted by molar-refractivity contribution is 0.627. The van der Waals surface area contributed by atoms with Gasteiger partial charge in [-0.05, 0) is 79.6 Å². The number of anilines is 3. The summed E-state index contributed by atoms with van der Waals surface area (Å²) in [5, 5.41) is 11.7. The van der Waals surface area contributed by atoms with Crippen molar-refractivity contribution in [3.8, 4) is 22.5 Å². The number of hydrogen-bond donors (Lipinski definition) is 2. The highest BCUT2D eigenvalue weighted by Crippen LogP contribution is 2.36. The summed E-state index contributed by atoms with van der Waals surface area (Å²) >= 11 is 0. The van der Waals surface area contributed by atoms with Crippen molar-refractivity contribution in [2.24, 2.45) is 0 Å². The number of pyridine rings is 1. The summed E-state index contributed by atoms with van der Waals surface area (Å²) in [5.74, 6) is 0.675. The fourth-order valence-electron chi connectivity index (χ4n) is 4.73. The molecular weight excluding hydrogens is 458 g/mol. The Kier molecular flexibility index (Phi) is 5.77. The van der Waals surface area contributed by atoms with Gasteiger partial charge in [-0.1, -0.05) is 18.9 Å². The second kappa shape index (κ2) is 9.37. The molecule has 0 bridgehead atoms. The zero-order chi connectivity index (χ0) is 24.5. The monoisotopic (exact) mass is 482 g/mol. The van der Waals surface area contributed by atoms with Crippen molar-refractivity contribution in [1.82, 2.24) is 19.6 Å². The van der Waals surface area contributed by atoms with Crippen LogP contribution in [-0.4, -0.2) is 25.6 Å². The van der Waals surface area contributed by atoms with Crippen LogP contribution >= 0.6 is 0 Å². The van der Waals surface area contributed by atoms with Crippen LogP contribution in [0.5, 0.6) is 0 Å². The van der Waals surface area contributed by atoms with Crippen molar-refractivity contribution >= 4 is 23.0 Å².